The molecule has 4 fully saturated rings. The van der Waals surface area contributed by atoms with E-state index in [-0.39, 0.29) is 62.0 Å². The van der Waals surface area contributed by atoms with Crippen LogP contribution in [0.15, 0.2) is 152 Å². The maximum atomic E-state index is 14.4. The van der Waals surface area contributed by atoms with Gasteiger partial charge in [-0.3, -0.25) is 9.59 Å². The molecule has 0 atom stereocenters. The molecule has 372 valence electrons. The summed E-state index contributed by atoms with van der Waals surface area (Å²) in [5, 5.41) is 52.6. The third-order valence-electron chi connectivity index (χ3n) is 16.8. The van der Waals surface area contributed by atoms with E-state index in [1.165, 1.54) is 37.0 Å². The summed E-state index contributed by atoms with van der Waals surface area (Å²) in [4.78, 5) is 28.9. The number of phenols is 4. The summed E-state index contributed by atoms with van der Waals surface area (Å²) in [5.74, 6) is 10.6. The van der Waals surface area contributed by atoms with Crippen molar-refractivity contribution >= 4 is 23.2 Å². The van der Waals surface area contributed by atoms with Gasteiger partial charge >= 0.3 is 0 Å². The highest BCUT2D eigenvalue weighted by Crippen LogP contribution is 2.64. The van der Waals surface area contributed by atoms with Crippen LogP contribution in [0.2, 0.25) is 0 Å². The van der Waals surface area contributed by atoms with E-state index in [0.717, 1.165) is 41.5 Å². The first kappa shape index (κ1) is 48.1. The highest BCUT2D eigenvalue weighted by atomic mass is 16.3. The van der Waals surface area contributed by atoms with Gasteiger partial charge in [0.15, 0.2) is 0 Å². The van der Waals surface area contributed by atoms with Crippen molar-refractivity contribution < 1.29 is 30.0 Å². The molecule has 0 heterocycles. The number of nitrogens with one attached hydrogen (secondary N) is 2. The zero-order chi connectivity index (χ0) is 53.3. The number of hydrogen-bond acceptors (Lipinski definition) is 6. The molecule has 4 bridgehead atoms. The highest BCUT2D eigenvalue weighted by molar-refractivity contribution is 6.10. The van der Waals surface area contributed by atoms with Crippen molar-refractivity contribution in [3.8, 4) is 106 Å². The Morgan fingerprint density at radius 2 is 0.896 bits per heavy atom. The third kappa shape index (κ3) is 7.77. The van der Waals surface area contributed by atoms with Crippen LogP contribution < -0.4 is 10.6 Å². The van der Waals surface area contributed by atoms with Crippen molar-refractivity contribution in [3.05, 3.63) is 213 Å². The van der Waals surface area contributed by atoms with Gasteiger partial charge in [0.05, 0.1) is 27.9 Å². The van der Waals surface area contributed by atoms with Crippen LogP contribution in [0.25, 0.3) is 33.4 Å². The maximum absolute atomic E-state index is 14.4. The van der Waals surface area contributed by atoms with Gasteiger partial charge < -0.3 is 31.1 Å². The molecular formula is C69H50N2O6. The number of benzene rings is 8. The zero-order valence-electron chi connectivity index (χ0n) is 41.8. The molecule has 5 aliphatic rings. The van der Waals surface area contributed by atoms with E-state index in [1.807, 2.05) is 24.3 Å². The molecule has 13 rings (SSSR count). The summed E-state index contributed by atoms with van der Waals surface area (Å²) in [6.07, 6.45) is 31.0. The average molecular weight is 1000 g/mol. The lowest BCUT2D eigenvalue weighted by Crippen LogP contribution is -2.48. The molecule has 4 saturated carbocycles. The second-order valence-electron chi connectivity index (χ2n) is 21.1. The maximum Gasteiger partial charge on any atom is 0.255 e. The average Bonchev–Trinajstić information content (AvgIpc) is 3.80. The number of rotatable bonds is 9. The predicted octanol–water partition coefficient (Wildman–Crippen LogP) is 13.1. The van der Waals surface area contributed by atoms with Gasteiger partial charge in [0.1, 0.15) is 23.0 Å². The Bertz CT molecular complexity index is 3800. The number of hydrogen-bond donors (Lipinski definition) is 6. The van der Waals surface area contributed by atoms with Gasteiger partial charge in [0, 0.05) is 33.4 Å². The molecule has 6 N–H and O–H groups in total. The third-order valence-corrected chi connectivity index (χ3v) is 16.8. The lowest BCUT2D eigenvalue weighted by molar-refractivity contribution is -0.00522. The minimum absolute atomic E-state index is 0.00742. The fraction of sp³-hybridized carbons (Fsp3) is 0.159. The fourth-order valence-electron chi connectivity index (χ4n) is 14.0. The summed E-state index contributed by atoms with van der Waals surface area (Å²) in [7, 11) is 0. The quantitative estimate of drug-likeness (QED) is 0.0796. The van der Waals surface area contributed by atoms with Gasteiger partial charge in [0.2, 0.25) is 0 Å². The summed E-state index contributed by atoms with van der Waals surface area (Å²) in [5.41, 5.74) is 8.18. The number of carbonyl (C=O) groups excluding carboxylic acids is 2. The minimum Gasteiger partial charge on any atom is -0.508 e. The Morgan fingerprint density at radius 1 is 0.442 bits per heavy atom. The first-order valence-corrected chi connectivity index (χ1v) is 25.7. The molecule has 0 aromatic heterocycles. The van der Waals surface area contributed by atoms with E-state index in [2.05, 4.69) is 64.6 Å². The summed E-state index contributed by atoms with van der Waals surface area (Å²) in [6.45, 7) is 0. The van der Waals surface area contributed by atoms with Gasteiger partial charge in [-0.05, 0) is 197 Å². The van der Waals surface area contributed by atoms with E-state index in [9.17, 15) is 30.0 Å². The second kappa shape index (κ2) is 18.5. The van der Waals surface area contributed by atoms with Crippen LogP contribution in [0.5, 0.6) is 23.0 Å². The lowest BCUT2D eigenvalue weighted by atomic mass is 9.48. The molecule has 8 nitrogen and oxygen atoms in total. The molecule has 0 aliphatic heterocycles. The van der Waals surface area contributed by atoms with Crippen LogP contribution in [0, 0.1) is 67.1 Å². The Labute approximate surface area is 447 Å². The van der Waals surface area contributed by atoms with Crippen molar-refractivity contribution in [2.75, 3.05) is 10.6 Å². The van der Waals surface area contributed by atoms with E-state index in [0.29, 0.717) is 62.3 Å². The molecule has 5 aliphatic carbocycles. The largest absolute Gasteiger partial charge is 0.508 e. The topological polar surface area (TPSA) is 139 Å². The SMILES string of the molecule is C#Cc1cccc(C(=O)Nc2c(-c3cc(O)ccc3C3(c4ccc(O)cc4-c4ccc(O)c(C#C)c4NC(=O)c4cccc(C#C)c4)c4ccccc4-c4ccc(C56CC7CC(CC(C7)C5)C6)cc43)ccc(O)c2C#C)c1. The van der Waals surface area contributed by atoms with E-state index in [1.54, 1.807) is 84.9 Å². The number of carbonyl (C=O) groups is 2. The van der Waals surface area contributed by atoms with Crippen LogP contribution in [0.1, 0.15) is 109 Å². The first-order chi connectivity index (χ1) is 37.4. The second-order valence-corrected chi connectivity index (χ2v) is 21.1. The van der Waals surface area contributed by atoms with Crippen molar-refractivity contribution in [1.82, 2.24) is 0 Å². The number of aromatic hydroxyl groups is 4. The standard InChI is InChI=1S/C69H50N2O6/c1-5-40-13-11-15-45(32-40)66(76)70-64-50(7-3)62(74)27-23-54(64)56-35-48(72)20-25-59(56)69(58-18-10-9-17-52(58)53-22-19-47(34-61(53)69)68-37-42-29-43(38-68)31-44(30-42)39-68)60-26-21-49(73)36-57(60)55-24-28-63(75)51(8-4)65(55)71-67(77)46-16-12-14-41(6-2)33-46/h1-4,9-28,32-36,42-44,72-75H,29-31,37-39H2,(H,70,76)(H,71,77). The molecule has 0 radical (unpaired) electrons. The van der Waals surface area contributed by atoms with Gasteiger partial charge in [-0.25, -0.2) is 0 Å². The highest BCUT2D eigenvalue weighted by Gasteiger charge is 2.54. The molecule has 8 aromatic carbocycles. The van der Waals surface area contributed by atoms with Gasteiger partial charge in [0.25, 0.3) is 11.8 Å². The lowest BCUT2D eigenvalue weighted by Gasteiger charge is -2.57. The number of terminal acetylenes is 4. The Balaban J connectivity index is 1.18. The van der Waals surface area contributed by atoms with Crippen LogP contribution >= 0.6 is 0 Å². The summed E-state index contributed by atoms with van der Waals surface area (Å²) >= 11 is 0. The smallest absolute Gasteiger partial charge is 0.255 e. The summed E-state index contributed by atoms with van der Waals surface area (Å²) in [6, 6.07) is 44.9. The number of anilines is 2. The molecule has 0 spiro atoms. The van der Waals surface area contributed by atoms with Crippen molar-refractivity contribution in [1.29, 1.82) is 0 Å². The Hall–Kier alpha value is -9.86. The molecule has 0 saturated heterocycles. The Kier molecular flexibility index (Phi) is 11.6. The van der Waals surface area contributed by atoms with E-state index < -0.39 is 17.2 Å². The first-order valence-electron chi connectivity index (χ1n) is 25.7. The zero-order valence-corrected chi connectivity index (χ0v) is 41.8. The van der Waals surface area contributed by atoms with Crippen LogP contribution in [0.3, 0.4) is 0 Å². The molecular weight excluding hydrogens is 953 g/mol. The Morgan fingerprint density at radius 3 is 1.38 bits per heavy atom. The van der Waals surface area contributed by atoms with E-state index >= 15 is 0 Å². The van der Waals surface area contributed by atoms with Crippen LogP contribution in [-0.4, -0.2) is 32.2 Å². The van der Waals surface area contributed by atoms with Crippen LogP contribution in [0.4, 0.5) is 11.4 Å². The molecule has 8 aromatic rings. The number of amides is 2. The fourth-order valence-corrected chi connectivity index (χ4v) is 14.0. The molecule has 77 heavy (non-hydrogen) atoms. The number of phenolic OH excluding ortho intramolecular Hbond substituents is 4. The molecule has 0 unspecified atom stereocenters. The van der Waals surface area contributed by atoms with Gasteiger partial charge in [-0.15, -0.1) is 25.7 Å². The normalized spacial score (nSPS) is 18.9. The van der Waals surface area contributed by atoms with Gasteiger partial charge in [-0.1, -0.05) is 90.4 Å². The monoisotopic (exact) mass is 1000 g/mol. The summed E-state index contributed by atoms with van der Waals surface area (Å²) < 4.78 is 0. The molecule has 2 amide bonds. The van der Waals surface area contributed by atoms with Gasteiger partial charge in [-0.2, -0.15) is 0 Å². The minimum atomic E-state index is -1.36. The van der Waals surface area contributed by atoms with Crippen molar-refractivity contribution in [2.24, 2.45) is 17.8 Å². The van der Waals surface area contributed by atoms with Crippen LogP contribution in [-0.2, 0) is 10.8 Å². The van der Waals surface area contributed by atoms with E-state index in [4.69, 9.17) is 25.7 Å². The predicted molar refractivity (Wildman–Crippen MR) is 302 cm³/mol. The molecule has 8 heteroatoms. The number of fused-ring (bicyclic) bond motifs is 3. The van der Waals surface area contributed by atoms with Crippen molar-refractivity contribution in [2.45, 2.75) is 49.4 Å². The van der Waals surface area contributed by atoms with Crippen molar-refractivity contribution in [3.63, 3.8) is 0 Å².